The van der Waals surface area contributed by atoms with Gasteiger partial charge in [0, 0.05) is 35.8 Å². The van der Waals surface area contributed by atoms with Gasteiger partial charge in [0.25, 0.3) is 0 Å². The van der Waals surface area contributed by atoms with Gasteiger partial charge in [-0.25, -0.2) is 12.7 Å². The van der Waals surface area contributed by atoms with E-state index in [1.165, 1.54) is 32.3 Å². The maximum absolute atomic E-state index is 12.2. The van der Waals surface area contributed by atoms with Crippen LogP contribution in [0.4, 0.5) is 0 Å². The summed E-state index contributed by atoms with van der Waals surface area (Å²) in [6, 6.07) is 11.2. The fourth-order valence-electron chi connectivity index (χ4n) is 2.31. The van der Waals surface area contributed by atoms with Crippen molar-refractivity contribution in [3.05, 3.63) is 69.7 Å². The lowest BCUT2D eigenvalue weighted by Gasteiger charge is -2.15. The lowest BCUT2D eigenvalue weighted by atomic mass is 10.1. The summed E-state index contributed by atoms with van der Waals surface area (Å²) in [6.45, 7) is 1.81. The second-order valence-corrected chi connectivity index (χ2v) is 9.02. The van der Waals surface area contributed by atoms with Gasteiger partial charge in [-0.3, -0.25) is 4.79 Å². The number of rotatable bonds is 6. The van der Waals surface area contributed by atoms with Gasteiger partial charge in [0.15, 0.2) is 0 Å². The number of nitrogens with zero attached hydrogens (tertiary/aromatic N) is 1. The summed E-state index contributed by atoms with van der Waals surface area (Å²) in [5, 5.41) is 3.73. The van der Waals surface area contributed by atoms with Gasteiger partial charge < -0.3 is 5.32 Å². The summed E-state index contributed by atoms with van der Waals surface area (Å²) in [4.78, 5) is 12.3. The molecular formula is C19H20Cl2N2O3S. The monoisotopic (exact) mass is 426 g/mol. The van der Waals surface area contributed by atoms with Crippen molar-refractivity contribution in [2.75, 3.05) is 14.1 Å². The molecule has 144 valence electrons. The lowest BCUT2D eigenvalue weighted by Crippen LogP contribution is -2.25. The fraction of sp³-hybridized carbons (Fsp3) is 0.211. The van der Waals surface area contributed by atoms with Crippen molar-refractivity contribution < 1.29 is 13.2 Å². The van der Waals surface area contributed by atoms with Crippen molar-refractivity contribution >= 4 is 45.2 Å². The van der Waals surface area contributed by atoms with Gasteiger partial charge in [-0.2, -0.15) is 0 Å². The molecule has 0 saturated heterocycles. The number of nitrogens with one attached hydrogen (secondary N) is 1. The van der Waals surface area contributed by atoms with Gasteiger partial charge in [-0.15, -0.1) is 0 Å². The molecule has 2 aromatic carbocycles. The second kappa shape index (κ2) is 8.89. The molecule has 0 heterocycles. The maximum Gasteiger partial charge on any atom is 0.244 e. The van der Waals surface area contributed by atoms with Gasteiger partial charge >= 0.3 is 0 Å². The topological polar surface area (TPSA) is 66.5 Å². The van der Waals surface area contributed by atoms with Crippen molar-refractivity contribution in [3.8, 4) is 0 Å². The molecule has 0 spiro atoms. The van der Waals surface area contributed by atoms with E-state index in [4.69, 9.17) is 23.2 Å². The first kappa shape index (κ1) is 21.4. The van der Waals surface area contributed by atoms with Crippen LogP contribution in [0.25, 0.3) is 6.08 Å². The molecule has 0 aliphatic rings. The standard InChI is InChI=1S/C19H20Cl2N2O3S/c1-13(14-7-9-15(10-8-14)27(25,26)23(2)3)22-19(24)12-11-16-17(20)5-4-6-18(16)21/h4-13H,1-3H3,(H,22,24). The van der Waals surface area contributed by atoms with E-state index in [1.54, 1.807) is 36.4 Å². The highest BCUT2D eigenvalue weighted by Crippen LogP contribution is 2.25. The summed E-state index contributed by atoms with van der Waals surface area (Å²) in [6.07, 6.45) is 2.91. The molecule has 0 aromatic heterocycles. The van der Waals surface area contributed by atoms with Crippen molar-refractivity contribution in [1.29, 1.82) is 0 Å². The van der Waals surface area contributed by atoms with E-state index in [1.807, 2.05) is 6.92 Å². The zero-order chi connectivity index (χ0) is 20.2. The molecule has 1 N–H and O–H groups in total. The summed E-state index contributed by atoms with van der Waals surface area (Å²) < 4.78 is 25.3. The number of amides is 1. The Labute approximate surface area is 169 Å². The number of hydrogen-bond donors (Lipinski definition) is 1. The SMILES string of the molecule is CC(NC(=O)C=Cc1c(Cl)cccc1Cl)c1ccc(S(=O)(=O)N(C)C)cc1. The van der Waals surface area contributed by atoms with E-state index in [0.29, 0.717) is 15.6 Å². The van der Waals surface area contributed by atoms with Crippen LogP contribution in [-0.4, -0.2) is 32.7 Å². The van der Waals surface area contributed by atoms with Gasteiger partial charge in [-0.1, -0.05) is 41.4 Å². The first-order valence-electron chi connectivity index (χ1n) is 8.08. The molecule has 2 rings (SSSR count). The Balaban J connectivity index is 2.07. The van der Waals surface area contributed by atoms with Crippen LogP contribution >= 0.6 is 23.2 Å². The first-order valence-corrected chi connectivity index (χ1v) is 10.3. The quantitative estimate of drug-likeness (QED) is 0.705. The third kappa shape index (κ3) is 5.32. The molecule has 0 saturated carbocycles. The number of sulfonamides is 1. The van der Waals surface area contributed by atoms with Crippen LogP contribution in [0.1, 0.15) is 24.1 Å². The summed E-state index contributed by atoms with van der Waals surface area (Å²) in [5.74, 6) is -0.316. The minimum Gasteiger partial charge on any atom is -0.346 e. The van der Waals surface area contributed by atoms with Crippen molar-refractivity contribution in [1.82, 2.24) is 9.62 Å². The van der Waals surface area contributed by atoms with E-state index < -0.39 is 10.0 Å². The van der Waals surface area contributed by atoms with Crippen LogP contribution in [0.5, 0.6) is 0 Å². The second-order valence-electron chi connectivity index (χ2n) is 6.06. The molecule has 1 amide bonds. The highest BCUT2D eigenvalue weighted by atomic mass is 35.5. The predicted molar refractivity (Wildman–Crippen MR) is 109 cm³/mol. The van der Waals surface area contributed by atoms with Crippen LogP contribution < -0.4 is 5.32 Å². The summed E-state index contributed by atoms with van der Waals surface area (Å²) in [7, 11) is -0.528. The van der Waals surface area contributed by atoms with Gasteiger partial charge in [0.05, 0.1) is 10.9 Å². The number of carbonyl (C=O) groups excluding carboxylic acids is 1. The van der Waals surface area contributed by atoms with Crippen LogP contribution in [0.2, 0.25) is 10.0 Å². The Morgan fingerprint density at radius 2 is 1.63 bits per heavy atom. The number of benzene rings is 2. The third-order valence-corrected chi connectivity index (χ3v) is 6.41. The van der Waals surface area contributed by atoms with E-state index in [0.717, 1.165) is 9.87 Å². The molecule has 1 atom stereocenters. The van der Waals surface area contributed by atoms with Crippen molar-refractivity contribution in [3.63, 3.8) is 0 Å². The van der Waals surface area contributed by atoms with Gasteiger partial charge in [0.2, 0.25) is 15.9 Å². The van der Waals surface area contributed by atoms with Gasteiger partial charge in [0.1, 0.15) is 0 Å². The summed E-state index contributed by atoms with van der Waals surface area (Å²) in [5.41, 5.74) is 1.35. The fourth-order valence-corrected chi connectivity index (χ4v) is 3.74. The Kier molecular flexibility index (Phi) is 7.06. The molecule has 27 heavy (non-hydrogen) atoms. The number of carbonyl (C=O) groups is 1. The molecular weight excluding hydrogens is 407 g/mol. The van der Waals surface area contributed by atoms with E-state index in [9.17, 15) is 13.2 Å². The van der Waals surface area contributed by atoms with E-state index in [2.05, 4.69) is 5.32 Å². The molecule has 0 bridgehead atoms. The van der Waals surface area contributed by atoms with Crippen LogP contribution in [0.3, 0.4) is 0 Å². The normalized spacial score (nSPS) is 13.1. The Bertz CT molecular complexity index is 935. The Morgan fingerprint density at radius 1 is 1.07 bits per heavy atom. The maximum atomic E-state index is 12.2. The predicted octanol–water partition coefficient (Wildman–Crippen LogP) is 4.13. The summed E-state index contributed by atoms with van der Waals surface area (Å²) >= 11 is 12.1. The zero-order valence-corrected chi connectivity index (χ0v) is 17.4. The molecule has 1 unspecified atom stereocenters. The smallest absolute Gasteiger partial charge is 0.244 e. The van der Waals surface area contributed by atoms with Gasteiger partial charge in [-0.05, 0) is 42.8 Å². The zero-order valence-electron chi connectivity index (χ0n) is 15.1. The minimum absolute atomic E-state index is 0.197. The van der Waals surface area contributed by atoms with Crippen LogP contribution in [0.15, 0.2) is 53.4 Å². The highest BCUT2D eigenvalue weighted by Gasteiger charge is 2.17. The first-order chi connectivity index (χ1) is 12.6. The van der Waals surface area contributed by atoms with Crippen molar-refractivity contribution in [2.24, 2.45) is 0 Å². The number of hydrogen-bond acceptors (Lipinski definition) is 3. The average Bonchev–Trinajstić information content (AvgIpc) is 2.61. The largest absolute Gasteiger partial charge is 0.346 e. The van der Waals surface area contributed by atoms with Crippen molar-refractivity contribution in [2.45, 2.75) is 17.9 Å². The average molecular weight is 427 g/mol. The number of halogens is 2. The Hall–Kier alpha value is -1.86. The molecule has 0 fully saturated rings. The van der Waals surface area contributed by atoms with E-state index in [-0.39, 0.29) is 16.8 Å². The Morgan fingerprint density at radius 3 is 2.15 bits per heavy atom. The van der Waals surface area contributed by atoms with Crippen LogP contribution in [-0.2, 0) is 14.8 Å². The van der Waals surface area contributed by atoms with E-state index >= 15 is 0 Å². The molecule has 0 aliphatic heterocycles. The highest BCUT2D eigenvalue weighted by molar-refractivity contribution is 7.89. The molecule has 2 aromatic rings. The molecule has 5 nitrogen and oxygen atoms in total. The van der Waals surface area contributed by atoms with Crippen LogP contribution in [0, 0.1) is 0 Å². The lowest BCUT2D eigenvalue weighted by molar-refractivity contribution is -0.117. The molecule has 0 aliphatic carbocycles. The minimum atomic E-state index is -3.48. The third-order valence-electron chi connectivity index (χ3n) is 3.92. The molecule has 0 radical (unpaired) electrons. The molecule has 8 heteroatoms.